The Bertz CT molecular complexity index is 478. The van der Waals surface area contributed by atoms with Crippen LogP contribution in [0.3, 0.4) is 0 Å². The van der Waals surface area contributed by atoms with Crippen LogP contribution < -0.4 is 0 Å². The molecule has 2 nitrogen and oxygen atoms in total. The number of benzene rings is 1. The predicted octanol–water partition coefficient (Wildman–Crippen LogP) is 4.28. The molecule has 0 saturated heterocycles. The summed E-state index contributed by atoms with van der Waals surface area (Å²) in [5, 5.41) is 19.5. The van der Waals surface area contributed by atoms with Gasteiger partial charge in [-0.05, 0) is 43.4 Å². The van der Waals surface area contributed by atoms with Crippen molar-refractivity contribution in [3.8, 4) is 6.07 Å². The number of aliphatic hydroxyl groups excluding tert-OH is 1. The average Bonchev–Trinajstić information content (AvgIpc) is 2.38. The van der Waals surface area contributed by atoms with Gasteiger partial charge in [-0.2, -0.15) is 5.26 Å². The molecule has 102 valence electrons. The number of thioether (sulfide) groups is 1. The standard InChI is InChI=1S/C16H21NOS/c1-11-4-3-5-14(8-11)19-16-9-13(10-17)6-7-15(16)12(2)18/h6-7,9,11-12,14,18H,3-5,8H2,1-2H3/t11?,12-,14?/m1/s1. The first-order chi connectivity index (χ1) is 9.10. The van der Waals surface area contributed by atoms with E-state index in [1.54, 1.807) is 13.0 Å². The monoisotopic (exact) mass is 275 g/mol. The zero-order chi connectivity index (χ0) is 13.8. The minimum absolute atomic E-state index is 0.476. The van der Waals surface area contributed by atoms with Crippen molar-refractivity contribution in [1.82, 2.24) is 0 Å². The van der Waals surface area contributed by atoms with Crippen LogP contribution in [-0.4, -0.2) is 10.4 Å². The summed E-state index contributed by atoms with van der Waals surface area (Å²) in [4.78, 5) is 1.08. The van der Waals surface area contributed by atoms with Crippen LogP contribution in [0.25, 0.3) is 0 Å². The summed E-state index contributed by atoms with van der Waals surface area (Å²) < 4.78 is 0. The van der Waals surface area contributed by atoms with Gasteiger partial charge in [0.05, 0.1) is 17.7 Å². The molecule has 0 aromatic heterocycles. The van der Waals surface area contributed by atoms with E-state index in [1.165, 1.54) is 25.7 Å². The van der Waals surface area contributed by atoms with Crippen molar-refractivity contribution >= 4 is 11.8 Å². The topological polar surface area (TPSA) is 44.0 Å². The molecule has 0 aliphatic heterocycles. The predicted molar refractivity (Wildman–Crippen MR) is 79.1 cm³/mol. The normalized spacial score (nSPS) is 24.7. The molecule has 0 radical (unpaired) electrons. The number of rotatable bonds is 3. The van der Waals surface area contributed by atoms with Gasteiger partial charge in [-0.15, -0.1) is 11.8 Å². The van der Waals surface area contributed by atoms with Crippen LogP contribution in [-0.2, 0) is 0 Å². The van der Waals surface area contributed by atoms with Gasteiger partial charge in [0.2, 0.25) is 0 Å². The summed E-state index contributed by atoms with van der Waals surface area (Å²) in [5.41, 5.74) is 1.62. The molecule has 2 rings (SSSR count). The van der Waals surface area contributed by atoms with Crippen molar-refractivity contribution in [3.05, 3.63) is 29.3 Å². The van der Waals surface area contributed by atoms with Crippen LogP contribution in [0.4, 0.5) is 0 Å². The van der Waals surface area contributed by atoms with Gasteiger partial charge in [0.15, 0.2) is 0 Å². The Morgan fingerprint density at radius 3 is 2.84 bits per heavy atom. The number of nitriles is 1. The van der Waals surface area contributed by atoms with E-state index >= 15 is 0 Å². The third-order valence-corrected chi connectivity index (χ3v) is 5.14. The smallest absolute Gasteiger partial charge is 0.0992 e. The van der Waals surface area contributed by atoms with Gasteiger partial charge < -0.3 is 5.11 Å². The molecule has 1 aliphatic rings. The lowest BCUT2D eigenvalue weighted by Crippen LogP contribution is -2.15. The van der Waals surface area contributed by atoms with E-state index in [1.807, 2.05) is 23.9 Å². The second-order valence-electron chi connectivity index (χ2n) is 5.55. The largest absolute Gasteiger partial charge is 0.389 e. The number of hydrogen-bond acceptors (Lipinski definition) is 3. The van der Waals surface area contributed by atoms with E-state index in [0.717, 1.165) is 16.4 Å². The van der Waals surface area contributed by atoms with Crippen LogP contribution in [0.15, 0.2) is 23.1 Å². The highest BCUT2D eigenvalue weighted by molar-refractivity contribution is 8.00. The number of hydrogen-bond donors (Lipinski definition) is 1. The van der Waals surface area contributed by atoms with E-state index in [4.69, 9.17) is 5.26 Å². The lowest BCUT2D eigenvalue weighted by atomic mass is 9.91. The highest BCUT2D eigenvalue weighted by Crippen LogP contribution is 2.39. The molecule has 2 unspecified atom stereocenters. The van der Waals surface area contributed by atoms with Crippen molar-refractivity contribution in [3.63, 3.8) is 0 Å². The average molecular weight is 275 g/mol. The Balaban J connectivity index is 2.19. The van der Waals surface area contributed by atoms with Crippen molar-refractivity contribution < 1.29 is 5.11 Å². The van der Waals surface area contributed by atoms with Gasteiger partial charge in [-0.25, -0.2) is 0 Å². The molecule has 3 atom stereocenters. The van der Waals surface area contributed by atoms with Crippen LogP contribution >= 0.6 is 11.8 Å². The van der Waals surface area contributed by atoms with Gasteiger partial charge in [-0.3, -0.25) is 0 Å². The minimum Gasteiger partial charge on any atom is -0.389 e. The van der Waals surface area contributed by atoms with Gasteiger partial charge in [0.25, 0.3) is 0 Å². The van der Waals surface area contributed by atoms with Crippen molar-refractivity contribution in [2.24, 2.45) is 5.92 Å². The summed E-state index contributed by atoms with van der Waals surface area (Å²) in [6.07, 6.45) is 4.63. The van der Waals surface area contributed by atoms with E-state index in [9.17, 15) is 5.11 Å². The lowest BCUT2D eigenvalue weighted by molar-refractivity contribution is 0.196. The molecule has 1 aromatic carbocycles. The number of nitrogens with zero attached hydrogens (tertiary/aromatic N) is 1. The molecule has 1 aromatic rings. The van der Waals surface area contributed by atoms with Gasteiger partial charge >= 0.3 is 0 Å². The molecule has 19 heavy (non-hydrogen) atoms. The van der Waals surface area contributed by atoms with E-state index in [-0.39, 0.29) is 0 Å². The second-order valence-corrected chi connectivity index (χ2v) is 6.89. The molecule has 0 amide bonds. The van der Waals surface area contributed by atoms with Gasteiger partial charge in [0, 0.05) is 10.1 Å². The molecule has 1 fully saturated rings. The highest BCUT2D eigenvalue weighted by atomic mass is 32.2. The summed E-state index contributed by atoms with van der Waals surface area (Å²) >= 11 is 1.84. The maximum Gasteiger partial charge on any atom is 0.0992 e. The summed E-state index contributed by atoms with van der Waals surface area (Å²) in [7, 11) is 0. The first-order valence-electron chi connectivity index (χ1n) is 6.99. The Hall–Kier alpha value is -0.980. The fraction of sp³-hybridized carbons (Fsp3) is 0.562. The SMILES string of the molecule is CC1CCCC(Sc2cc(C#N)ccc2[C@@H](C)O)C1. The Morgan fingerprint density at radius 1 is 1.42 bits per heavy atom. The molecule has 0 bridgehead atoms. The van der Waals surface area contributed by atoms with Crippen molar-refractivity contribution in [1.29, 1.82) is 5.26 Å². The van der Waals surface area contributed by atoms with Gasteiger partial charge in [-0.1, -0.05) is 25.8 Å². The first-order valence-corrected chi connectivity index (χ1v) is 7.87. The molecule has 0 heterocycles. The fourth-order valence-electron chi connectivity index (χ4n) is 2.72. The van der Waals surface area contributed by atoms with E-state index in [2.05, 4.69) is 13.0 Å². The maximum atomic E-state index is 9.85. The quantitative estimate of drug-likeness (QED) is 0.895. The maximum absolute atomic E-state index is 9.85. The third kappa shape index (κ3) is 3.75. The summed E-state index contributed by atoms with van der Waals surface area (Å²) in [5.74, 6) is 0.792. The molecular formula is C16H21NOS. The van der Waals surface area contributed by atoms with Crippen LogP contribution in [0.5, 0.6) is 0 Å². The zero-order valence-corrected chi connectivity index (χ0v) is 12.4. The summed E-state index contributed by atoms with van der Waals surface area (Å²) in [6, 6.07) is 7.78. The molecule has 1 N–H and O–H groups in total. The van der Waals surface area contributed by atoms with Gasteiger partial charge in [0.1, 0.15) is 0 Å². The van der Waals surface area contributed by atoms with Crippen LogP contribution in [0.1, 0.15) is 56.8 Å². The van der Waals surface area contributed by atoms with Crippen molar-refractivity contribution in [2.45, 2.75) is 55.8 Å². The van der Waals surface area contributed by atoms with Crippen molar-refractivity contribution in [2.75, 3.05) is 0 Å². The zero-order valence-electron chi connectivity index (χ0n) is 11.6. The highest BCUT2D eigenvalue weighted by Gasteiger charge is 2.21. The Labute approximate surface area is 119 Å². The molecule has 1 aliphatic carbocycles. The molecule has 3 heteroatoms. The van der Waals surface area contributed by atoms with E-state index < -0.39 is 6.10 Å². The minimum atomic E-state index is -0.476. The van der Waals surface area contributed by atoms with Crippen LogP contribution in [0, 0.1) is 17.2 Å². The molecule has 0 spiro atoms. The molecule has 1 saturated carbocycles. The molecular weight excluding hydrogens is 254 g/mol. The summed E-state index contributed by atoms with van der Waals surface area (Å²) in [6.45, 7) is 4.10. The first kappa shape index (κ1) is 14.4. The second kappa shape index (κ2) is 6.45. The third-order valence-electron chi connectivity index (χ3n) is 3.77. The lowest BCUT2D eigenvalue weighted by Gasteiger charge is -2.27. The fourth-order valence-corrected chi connectivity index (χ4v) is 4.35. The number of aliphatic hydroxyl groups is 1. The van der Waals surface area contributed by atoms with Crippen LogP contribution in [0.2, 0.25) is 0 Å². The Kier molecular flexibility index (Phi) is 4.90. The Morgan fingerprint density at radius 2 is 2.21 bits per heavy atom. The van der Waals surface area contributed by atoms with E-state index in [0.29, 0.717) is 10.8 Å².